The second kappa shape index (κ2) is 5.06. The molecule has 0 amide bonds. The second-order valence-corrected chi connectivity index (χ2v) is 4.76. The Labute approximate surface area is 124 Å². The van der Waals surface area contributed by atoms with Crippen LogP contribution < -0.4 is 4.74 Å². The van der Waals surface area contributed by atoms with Gasteiger partial charge in [-0.3, -0.25) is 4.40 Å². The van der Waals surface area contributed by atoms with E-state index in [2.05, 4.69) is 9.97 Å². The molecular formula is C14H10ClN3O3. The van der Waals surface area contributed by atoms with Crippen molar-refractivity contribution in [3.05, 3.63) is 47.5 Å². The van der Waals surface area contributed by atoms with Crippen LogP contribution in [0.5, 0.6) is 5.75 Å². The Bertz CT molecular complexity index is 845. The van der Waals surface area contributed by atoms with Gasteiger partial charge in [0.1, 0.15) is 5.75 Å². The predicted molar refractivity (Wildman–Crippen MR) is 76.9 cm³/mol. The highest BCUT2D eigenvalue weighted by atomic mass is 35.5. The summed E-state index contributed by atoms with van der Waals surface area (Å²) >= 11 is 6.01. The van der Waals surface area contributed by atoms with Crippen LogP contribution in [0.1, 0.15) is 10.5 Å². The third-order valence-corrected chi connectivity index (χ3v) is 3.24. The van der Waals surface area contributed by atoms with E-state index in [0.29, 0.717) is 16.5 Å². The molecule has 0 spiro atoms. The molecule has 2 heterocycles. The van der Waals surface area contributed by atoms with Gasteiger partial charge in [0.2, 0.25) is 5.78 Å². The maximum Gasteiger partial charge on any atom is 0.356 e. The number of hydrogen-bond donors (Lipinski definition) is 1. The van der Waals surface area contributed by atoms with E-state index in [1.165, 1.54) is 6.20 Å². The van der Waals surface area contributed by atoms with E-state index in [0.717, 1.165) is 11.1 Å². The van der Waals surface area contributed by atoms with Gasteiger partial charge < -0.3 is 9.84 Å². The Morgan fingerprint density at radius 1 is 1.38 bits per heavy atom. The number of methoxy groups -OCH3 is 1. The summed E-state index contributed by atoms with van der Waals surface area (Å²) in [7, 11) is 1.57. The van der Waals surface area contributed by atoms with E-state index >= 15 is 0 Å². The lowest BCUT2D eigenvalue weighted by atomic mass is 10.1. The smallest absolute Gasteiger partial charge is 0.356 e. The van der Waals surface area contributed by atoms with Crippen LogP contribution in [0.25, 0.3) is 16.9 Å². The first-order chi connectivity index (χ1) is 10.1. The zero-order chi connectivity index (χ0) is 15.0. The van der Waals surface area contributed by atoms with Crippen molar-refractivity contribution in [3.8, 4) is 16.9 Å². The molecule has 3 rings (SSSR count). The van der Waals surface area contributed by atoms with Crippen LogP contribution in [0, 0.1) is 0 Å². The number of aromatic nitrogens is 3. The fourth-order valence-corrected chi connectivity index (χ4v) is 2.20. The fourth-order valence-electron chi connectivity index (χ4n) is 2.03. The van der Waals surface area contributed by atoms with Gasteiger partial charge in [-0.2, -0.15) is 0 Å². The highest BCUT2D eigenvalue weighted by molar-refractivity contribution is 6.31. The Morgan fingerprint density at radius 2 is 2.19 bits per heavy atom. The lowest BCUT2D eigenvalue weighted by Crippen LogP contribution is -1.94. The van der Waals surface area contributed by atoms with Crippen LogP contribution in [-0.2, 0) is 0 Å². The number of carboxylic acids is 1. The van der Waals surface area contributed by atoms with Gasteiger partial charge in [0.05, 0.1) is 7.11 Å². The van der Waals surface area contributed by atoms with Gasteiger partial charge in [-0.25, -0.2) is 14.8 Å². The van der Waals surface area contributed by atoms with E-state index in [-0.39, 0.29) is 5.69 Å². The molecule has 1 N–H and O–H groups in total. The molecule has 0 aliphatic carbocycles. The van der Waals surface area contributed by atoms with Crippen molar-refractivity contribution in [1.82, 2.24) is 14.4 Å². The Hall–Kier alpha value is -2.60. The number of carboxylic acid groups (broad SMARTS) is 1. The van der Waals surface area contributed by atoms with Crippen molar-refractivity contribution in [2.24, 2.45) is 0 Å². The Kier molecular flexibility index (Phi) is 3.23. The van der Waals surface area contributed by atoms with Gasteiger partial charge in [0.25, 0.3) is 0 Å². The van der Waals surface area contributed by atoms with E-state index in [9.17, 15) is 4.79 Å². The average molecular weight is 304 g/mol. The van der Waals surface area contributed by atoms with Crippen molar-refractivity contribution in [1.29, 1.82) is 0 Å². The summed E-state index contributed by atoms with van der Waals surface area (Å²) in [6.45, 7) is 0. The monoisotopic (exact) mass is 303 g/mol. The number of imidazole rings is 1. The third-order valence-electron chi connectivity index (χ3n) is 3.00. The number of aromatic carboxylic acids is 1. The molecule has 106 valence electrons. The van der Waals surface area contributed by atoms with Crippen molar-refractivity contribution >= 4 is 23.3 Å². The highest BCUT2D eigenvalue weighted by Gasteiger charge is 2.12. The molecule has 0 bridgehead atoms. The van der Waals surface area contributed by atoms with E-state index in [4.69, 9.17) is 21.4 Å². The summed E-state index contributed by atoms with van der Waals surface area (Å²) in [5.41, 5.74) is 1.46. The molecule has 0 saturated carbocycles. The fraction of sp³-hybridized carbons (Fsp3) is 0.0714. The number of nitrogens with zero attached hydrogens (tertiary/aromatic N) is 3. The summed E-state index contributed by atoms with van der Waals surface area (Å²) in [5.74, 6) is -0.126. The lowest BCUT2D eigenvalue weighted by molar-refractivity contribution is 0.0691. The topological polar surface area (TPSA) is 76.7 Å². The molecule has 0 radical (unpaired) electrons. The molecule has 0 saturated heterocycles. The average Bonchev–Trinajstić information content (AvgIpc) is 2.90. The number of carbonyl (C=O) groups is 1. The van der Waals surface area contributed by atoms with Crippen LogP contribution in [0.2, 0.25) is 5.02 Å². The molecule has 1 aromatic carbocycles. The number of benzene rings is 1. The standard InChI is InChI=1S/C14H10ClN3O3/c1-21-12-3-2-9(15)4-10(12)8-5-16-14-17-11(13(19)20)7-18(14)6-8/h2-7H,1H3,(H,19,20). The molecule has 21 heavy (non-hydrogen) atoms. The zero-order valence-corrected chi connectivity index (χ0v) is 11.7. The number of fused-ring (bicyclic) bond motifs is 1. The first-order valence-corrected chi connectivity index (χ1v) is 6.38. The van der Waals surface area contributed by atoms with E-state index in [1.807, 2.05) is 0 Å². The number of hydrogen-bond acceptors (Lipinski definition) is 4. The SMILES string of the molecule is COc1ccc(Cl)cc1-c1cnc2nc(C(=O)O)cn2c1. The van der Waals surface area contributed by atoms with E-state index < -0.39 is 5.97 Å². The zero-order valence-electron chi connectivity index (χ0n) is 10.9. The lowest BCUT2D eigenvalue weighted by Gasteiger charge is -2.09. The van der Waals surface area contributed by atoms with E-state index in [1.54, 1.807) is 42.1 Å². The molecule has 0 fully saturated rings. The van der Waals surface area contributed by atoms with Gasteiger partial charge >= 0.3 is 5.97 Å². The number of halogens is 1. The minimum absolute atomic E-state index is 0.0577. The minimum Gasteiger partial charge on any atom is -0.496 e. The predicted octanol–water partition coefficient (Wildman–Crippen LogP) is 2.76. The minimum atomic E-state index is -1.10. The maximum absolute atomic E-state index is 10.9. The normalized spacial score (nSPS) is 10.8. The van der Waals surface area contributed by atoms with Gasteiger partial charge in [0.15, 0.2) is 5.69 Å². The van der Waals surface area contributed by atoms with Gasteiger partial charge in [-0.1, -0.05) is 11.6 Å². The molecule has 3 aromatic rings. The summed E-state index contributed by atoms with van der Waals surface area (Å²) in [6.07, 6.45) is 4.74. The molecular weight excluding hydrogens is 294 g/mol. The number of ether oxygens (including phenoxy) is 1. The highest BCUT2D eigenvalue weighted by Crippen LogP contribution is 2.32. The molecule has 2 aromatic heterocycles. The van der Waals surface area contributed by atoms with Crippen molar-refractivity contribution in [2.45, 2.75) is 0 Å². The molecule has 0 unspecified atom stereocenters. The summed E-state index contributed by atoms with van der Waals surface area (Å²) < 4.78 is 6.86. The molecule has 0 aliphatic rings. The number of rotatable bonds is 3. The van der Waals surface area contributed by atoms with Crippen LogP contribution in [-0.4, -0.2) is 32.6 Å². The van der Waals surface area contributed by atoms with Crippen molar-refractivity contribution in [3.63, 3.8) is 0 Å². The quantitative estimate of drug-likeness (QED) is 0.805. The van der Waals surface area contributed by atoms with Crippen LogP contribution in [0.3, 0.4) is 0 Å². The van der Waals surface area contributed by atoms with Gasteiger partial charge in [-0.05, 0) is 18.2 Å². The Morgan fingerprint density at radius 3 is 2.90 bits per heavy atom. The van der Waals surface area contributed by atoms with Gasteiger partial charge in [-0.15, -0.1) is 0 Å². The molecule has 0 atom stereocenters. The maximum atomic E-state index is 10.9. The summed E-state index contributed by atoms with van der Waals surface area (Å²) in [6, 6.07) is 5.26. The van der Waals surface area contributed by atoms with Crippen LogP contribution in [0.4, 0.5) is 0 Å². The van der Waals surface area contributed by atoms with Crippen molar-refractivity contribution in [2.75, 3.05) is 7.11 Å². The Balaban J connectivity index is 2.17. The van der Waals surface area contributed by atoms with Crippen LogP contribution in [0.15, 0.2) is 36.8 Å². The molecule has 0 aliphatic heterocycles. The molecule has 7 heteroatoms. The summed E-state index contributed by atoms with van der Waals surface area (Å²) in [5, 5.41) is 9.52. The first-order valence-electron chi connectivity index (χ1n) is 6.00. The first kappa shape index (κ1) is 13.4. The third kappa shape index (κ3) is 2.41. The van der Waals surface area contributed by atoms with Crippen LogP contribution >= 0.6 is 11.6 Å². The summed E-state index contributed by atoms with van der Waals surface area (Å²) in [4.78, 5) is 19.0. The van der Waals surface area contributed by atoms with Gasteiger partial charge in [0, 0.05) is 34.7 Å². The largest absolute Gasteiger partial charge is 0.496 e. The second-order valence-electron chi connectivity index (χ2n) is 4.33. The van der Waals surface area contributed by atoms with Crippen molar-refractivity contribution < 1.29 is 14.6 Å². The molecule has 6 nitrogen and oxygen atoms in total.